The van der Waals surface area contributed by atoms with E-state index in [0.717, 1.165) is 23.1 Å². The second-order valence-corrected chi connectivity index (χ2v) is 8.53. The molecule has 0 bridgehead atoms. The quantitative estimate of drug-likeness (QED) is 0.749. The highest BCUT2D eigenvalue weighted by molar-refractivity contribution is 9.10. The van der Waals surface area contributed by atoms with Crippen molar-refractivity contribution in [2.75, 3.05) is 20.2 Å². The Hall–Kier alpha value is -1.29. The van der Waals surface area contributed by atoms with Crippen molar-refractivity contribution in [3.63, 3.8) is 0 Å². The summed E-state index contributed by atoms with van der Waals surface area (Å²) in [5.41, 5.74) is 0. The van der Waals surface area contributed by atoms with Gasteiger partial charge < -0.3 is 9.30 Å². The molecule has 3 rings (SSSR count). The van der Waals surface area contributed by atoms with E-state index in [0.29, 0.717) is 24.6 Å². The zero-order valence-electron chi connectivity index (χ0n) is 13.3. The number of hydrogen-bond acceptors (Lipinski definition) is 5. The van der Waals surface area contributed by atoms with Gasteiger partial charge in [-0.2, -0.15) is 4.31 Å². The zero-order chi connectivity index (χ0) is 17.2. The normalized spacial score (nSPS) is 17.2. The van der Waals surface area contributed by atoms with E-state index in [4.69, 9.17) is 4.74 Å². The molecule has 1 aromatic carbocycles. The van der Waals surface area contributed by atoms with Gasteiger partial charge in [-0.3, -0.25) is 0 Å². The molecule has 24 heavy (non-hydrogen) atoms. The molecule has 0 amide bonds. The third kappa shape index (κ3) is 3.53. The van der Waals surface area contributed by atoms with Gasteiger partial charge in [-0.15, -0.1) is 10.2 Å². The number of rotatable bonds is 5. The summed E-state index contributed by atoms with van der Waals surface area (Å²) in [6, 6.07) is 6.94. The third-order valence-electron chi connectivity index (χ3n) is 4.19. The molecule has 2 heterocycles. The van der Waals surface area contributed by atoms with Gasteiger partial charge in [-0.05, 0) is 37.1 Å². The second kappa shape index (κ2) is 7.30. The van der Waals surface area contributed by atoms with Crippen LogP contribution in [-0.4, -0.2) is 47.7 Å². The average Bonchev–Trinajstić information content (AvgIpc) is 3.04. The van der Waals surface area contributed by atoms with Crippen LogP contribution >= 0.6 is 15.9 Å². The molecule has 9 heteroatoms. The van der Waals surface area contributed by atoms with Gasteiger partial charge in [-0.25, -0.2) is 8.42 Å². The zero-order valence-corrected chi connectivity index (χ0v) is 15.7. The molecule has 1 aliphatic heterocycles. The van der Waals surface area contributed by atoms with Crippen LogP contribution in [0.25, 0.3) is 0 Å². The fraction of sp³-hybridized carbons (Fsp3) is 0.467. The largest absolute Gasteiger partial charge is 0.377 e. The summed E-state index contributed by atoms with van der Waals surface area (Å²) < 4.78 is 35.0. The van der Waals surface area contributed by atoms with E-state index in [1.807, 2.05) is 4.57 Å². The van der Waals surface area contributed by atoms with E-state index in [-0.39, 0.29) is 6.04 Å². The number of piperidine rings is 1. The predicted octanol–water partition coefficient (Wildman–Crippen LogP) is 2.21. The highest BCUT2D eigenvalue weighted by Crippen LogP contribution is 2.28. The number of halogens is 1. The van der Waals surface area contributed by atoms with Gasteiger partial charge in [0.2, 0.25) is 10.0 Å². The highest BCUT2D eigenvalue weighted by Gasteiger charge is 2.30. The Morgan fingerprint density at radius 2 is 1.92 bits per heavy atom. The van der Waals surface area contributed by atoms with Crippen LogP contribution in [0, 0.1) is 0 Å². The van der Waals surface area contributed by atoms with Gasteiger partial charge in [0.1, 0.15) is 12.9 Å². The molecule has 1 aliphatic rings. The van der Waals surface area contributed by atoms with Gasteiger partial charge in [0.05, 0.1) is 4.90 Å². The molecule has 2 aromatic rings. The van der Waals surface area contributed by atoms with Gasteiger partial charge in [-0.1, -0.05) is 15.9 Å². The number of benzene rings is 1. The number of hydrogen-bond donors (Lipinski definition) is 0. The first-order valence-corrected chi connectivity index (χ1v) is 9.88. The van der Waals surface area contributed by atoms with E-state index < -0.39 is 10.0 Å². The summed E-state index contributed by atoms with van der Waals surface area (Å²) in [6.45, 7) is 1.36. The molecule has 0 saturated carbocycles. The summed E-state index contributed by atoms with van der Waals surface area (Å²) in [5.74, 6) is 0.770. The Bertz CT molecular complexity index is 783. The van der Waals surface area contributed by atoms with Crippen LogP contribution in [0.4, 0.5) is 0 Å². The summed E-state index contributed by atoms with van der Waals surface area (Å²) in [6.07, 6.45) is 3.15. The third-order valence-corrected chi connectivity index (χ3v) is 6.63. The van der Waals surface area contributed by atoms with Crippen LogP contribution < -0.4 is 0 Å². The molecule has 7 nitrogen and oxygen atoms in total. The van der Waals surface area contributed by atoms with Gasteiger partial charge in [0.25, 0.3) is 0 Å². The fourth-order valence-electron chi connectivity index (χ4n) is 2.92. The topological polar surface area (TPSA) is 77.3 Å². The predicted molar refractivity (Wildman–Crippen MR) is 91.9 cm³/mol. The molecule has 130 valence electrons. The van der Waals surface area contributed by atoms with E-state index in [1.54, 1.807) is 42.0 Å². The molecule has 1 saturated heterocycles. The fourth-order valence-corrected chi connectivity index (χ4v) is 4.65. The van der Waals surface area contributed by atoms with Gasteiger partial charge >= 0.3 is 0 Å². The van der Waals surface area contributed by atoms with E-state index >= 15 is 0 Å². The van der Waals surface area contributed by atoms with Crippen molar-refractivity contribution in [1.29, 1.82) is 0 Å². The highest BCUT2D eigenvalue weighted by atomic mass is 79.9. The van der Waals surface area contributed by atoms with Crippen LogP contribution in [0.3, 0.4) is 0 Å². The Morgan fingerprint density at radius 3 is 2.54 bits per heavy atom. The minimum atomic E-state index is -3.44. The lowest BCUT2D eigenvalue weighted by Gasteiger charge is -2.32. The van der Waals surface area contributed by atoms with E-state index in [1.165, 1.54) is 0 Å². The van der Waals surface area contributed by atoms with Crippen molar-refractivity contribution in [3.8, 4) is 0 Å². The lowest BCUT2D eigenvalue weighted by molar-refractivity contribution is 0.167. The van der Waals surface area contributed by atoms with E-state index in [9.17, 15) is 8.42 Å². The van der Waals surface area contributed by atoms with Crippen molar-refractivity contribution < 1.29 is 13.2 Å². The maximum atomic E-state index is 12.7. The van der Waals surface area contributed by atoms with Crippen LogP contribution in [0.1, 0.15) is 24.7 Å². The SMILES string of the molecule is COCc1nncn1C1CCN(S(=O)(=O)c2ccc(Br)cc2)CC1. The monoisotopic (exact) mass is 414 g/mol. The minimum Gasteiger partial charge on any atom is -0.377 e. The summed E-state index contributed by atoms with van der Waals surface area (Å²) in [4.78, 5) is 0.327. The van der Waals surface area contributed by atoms with Crippen LogP contribution in [0.15, 0.2) is 40.0 Å². The van der Waals surface area contributed by atoms with Crippen molar-refractivity contribution >= 4 is 26.0 Å². The maximum Gasteiger partial charge on any atom is 0.243 e. The lowest BCUT2D eigenvalue weighted by Crippen LogP contribution is -2.39. The molecule has 1 fully saturated rings. The summed E-state index contributed by atoms with van der Waals surface area (Å²) in [7, 11) is -1.83. The smallest absolute Gasteiger partial charge is 0.243 e. The van der Waals surface area contributed by atoms with Crippen molar-refractivity contribution in [2.24, 2.45) is 0 Å². The number of methoxy groups -OCH3 is 1. The first-order valence-electron chi connectivity index (χ1n) is 7.65. The molecular formula is C15H19BrN4O3S. The van der Waals surface area contributed by atoms with Crippen molar-refractivity contribution in [2.45, 2.75) is 30.4 Å². The molecule has 0 atom stereocenters. The maximum absolute atomic E-state index is 12.7. The van der Waals surface area contributed by atoms with Gasteiger partial charge in [0.15, 0.2) is 5.82 Å². The van der Waals surface area contributed by atoms with Crippen LogP contribution in [0.5, 0.6) is 0 Å². The Balaban J connectivity index is 1.70. The number of aromatic nitrogens is 3. The van der Waals surface area contributed by atoms with Crippen LogP contribution in [0.2, 0.25) is 0 Å². The molecule has 0 N–H and O–H groups in total. The summed E-state index contributed by atoms with van der Waals surface area (Å²) >= 11 is 3.32. The first kappa shape index (κ1) is 17.5. The van der Waals surface area contributed by atoms with E-state index in [2.05, 4.69) is 26.1 Å². The summed E-state index contributed by atoms with van der Waals surface area (Å²) in [5, 5.41) is 7.99. The molecule has 0 spiro atoms. The number of sulfonamides is 1. The molecule has 0 radical (unpaired) electrons. The number of ether oxygens (including phenoxy) is 1. The Morgan fingerprint density at radius 1 is 1.25 bits per heavy atom. The molecule has 0 unspecified atom stereocenters. The second-order valence-electron chi connectivity index (χ2n) is 5.68. The van der Waals surface area contributed by atoms with Crippen molar-refractivity contribution in [1.82, 2.24) is 19.1 Å². The standard InChI is InChI=1S/C15H19BrN4O3S/c1-23-10-15-18-17-11-20(15)13-6-8-19(9-7-13)24(21,22)14-4-2-12(16)3-5-14/h2-5,11,13H,6-10H2,1H3. The van der Waals surface area contributed by atoms with Crippen LogP contribution in [-0.2, 0) is 21.4 Å². The Labute approximate surface area is 149 Å². The number of nitrogens with zero attached hydrogens (tertiary/aromatic N) is 4. The van der Waals surface area contributed by atoms with Crippen molar-refractivity contribution in [3.05, 3.63) is 40.9 Å². The average molecular weight is 415 g/mol. The minimum absolute atomic E-state index is 0.196. The first-order chi connectivity index (χ1) is 11.5. The van der Waals surface area contributed by atoms with Gasteiger partial charge in [0, 0.05) is 30.7 Å². The lowest BCUT2D eigenvalue weighted by atomic mass is 10.1. The molecular weight excluding hydrogens is 396 g/mol. The molecule has 0 aliphatic carbocycles. The Kier molecular flexibility index (Phi) is 5.33. The molecule has 1 aromatic heterocycles.